The average Bonchev–Trinajstić information content (AvgIpc) is 2.89. The number of aryl methyl sites for hydroxylation is 2. The molecule has 0 bridgehead atoms. The predicted molar refractivity (Wildman–Crippen MR) is 96.5 cm³/mol. The lowest BCUT2D eigenvalue weighted by molar-refractivity contribution is -0.117. The van der Waals surface area contributed by atoms with Crippen molar-refractivity contribution in [1.29, 1.82) is 0 Å². The van der Waals surface area contributed by atoms with Crippen LogP contribution in [-0.2, 0) is 16.6 Å². The van der Waals surface area contributed by atoms with Crippen molar-refractivity contribution < 1.29 is 9.53 Å². The van der Waals surface area contributed by atoms with Crippen molar-refractivity contribution in [2.24, 2.45) is 7.05 Å². The lowest BCUT2D eigenvalue weighted by atomic mass is 10.1. The molecule has 1 unspecified atom stereocenters. The van der Waals surface area contributed by atoms with Crippen molar-refractivity contribution in [1.82, 2.24) is 15.1 Å². The summed E-state index contributed by atoms with van der Waals surface area (Å²) >= 11 is 0. The molecule has 1 fully saturated rings. The van der Waals surface area contributed by atoms with Gasteiger partial charge in [0.1, 0.15) is 5.82 Å². The van der Waals surface area contributed by atoms with Gasteiger partial charge in [-0.05, 0) is 12.5 Å². The first kappa shape index (κ1) is 18.4. The van der Waals surface area contributed by atoms with Crippen molar-refractivity contribution in [2.75, 3.05) is 25.1 Å². The maximum atomic E-state index is 12.2. The molecule has 1 saturated heterocycles. The third kappa shape index (κ3) is 4.35. The normalized spacial score (nSPS) is 17.2. The molecule has 1 amide bonds. The monoisotopic (exact) mass is 350 g/mol. The van der Waals surface area contributed by atoms with Crippen molar-refractivity contribution >= 4 is 24.1 Å². The van der Waals surface area contributed by atoms with Crippen LogP contribution in [0, 0.1) is 6.92 Å². The minimum Gasteiger partial charge on any atom is -0.378 e. The number of carbonyl (C=O) groups is 1. The fourth-order valence-electron chi connectivity index (χ4n) is 2.74. The number of benzene rings is 1. The Bertz CT molecular complexity index is 696. The van der Waals surface area contributed by atoms with E-state index in [0.717, 1.165) is 23.4 Å². The summed E-state index contributed by atoms with van der Waals surface area (Å²) in [7, 11) is 1.83. The summed E-state index contributed by atoms with van der Waals surface area (Å²) in [6.07, 6.45) is 0.394. The van der Waals surface area contributed by atoms with E-state index in [2.05, 4.69) is 28.7 Å². The lowest BCUT2D eigenvalue weighted by Gasteiger charge is -2.23. The van der Waals surface area contributed by atoms with Crippen LogP contribution in [-0.4, -0.2) is 41.5 Å². The molecule has 2 N–H and O–H groups in total. The Balaban J connectivity index is 0.00000208. The van der Waals surface area contributed by atoms with Crippen LogP contribution in [0.3, 0.4) is 0 Å². The van der Waals surface area contributed by atoms with Crippen LogP contribution in [0.1, 0.15) is 12.0 Å². The van der Waals surface area contributed by atoms with Gasteiger partial charge in [0.2, 0.25) is 5.91 Å². The molecule has 130 valence electrons. The lowest BCUT2D eigenvalue weighted by Crippen LogP contribution is -2.43. The number of morpholine rings is 1. The molecule has 7 heteroatoms. The van der Waals surface area contributed by atoms with Gasteiger partial charge in [0.25, 0.3) is 0 Å². The predicted octanol–water partition coefficient (Wildman–Crippen LogP) is 2.13. The summed E-state index contributed by atoms with van der Waals surface area (Å²) in [5.41, 5.74) is 3.10. The van der Waals surface area contributed by atoms with E-state index < -0.39 is 0 Å². The molecule has 3 rings (SSSR count). The Morgan fingerprint density at radius 2 is 2.25 bits per heavy atom. The van der Waals surface area contributed by atoms with E-state index in [4.69, 9.17) is 4.74 Å². The van der Waals surface area contributed by atoms with E-state index in [1.807, 2.05) is 31.3 Å². The Labute approximate surface area is 148 Å². The Morgan fingerprint density at radius 3 is 2.96 bits per heavy atom. The van der Waals surface area contributed by atoms with Gasteiger partial charge >= 0.3 is 0 Å². The van der Waals surface area contributed by atoms with E-state index in [1.165, 1.54) is 0 Å². The molecule has 1 aliphatic heterocycles. The highest BCUT2D eigenvalue weighted by atomic mass is 35.5. The van der Waals surface area contributed by atoms with E-state index in [-0.39, 0.29) is 24.4 Å². The van der Waals surface area contributed by atoms with Crippen LogP contribution in [0.2, 0.25) is 0 Å². The molecule has 2 aromatic rings. The second kappa shape index (κ2) is 8.28. The number of halogens is 1. The maximum absolute atomic E-state index is 12.2. The number of ether oxygens (including phenoxy) is 1. The highest BCUT2D eigenvalue weighted by Gasteiger charge is 2.18. The molecular weight excluding hydrogens is 328 g/mol. The fourth-order valence-corrected chi connectivity index (χ4v) is 2.74. The van der Waals surface area contributed by atoms with Gasteiger partial charge in [-0.2, -0.15) is 5.10 Å². The van der Waals surface area contributed by atoms with Crippen molar-refractivity contribution in [3.05, 3.63) is 35.9 Å². The zero-order valence-corrected chi connectivity index (χ0v) is 14.7. The largest absolute Gasteiger partial charge is 0.378 e. The summed E-state index contributed by atoms with van der Waals surface area (Å²) in [6.45, 7) is 4.13. The standard InChI is InChI=1S/C17H22N4O2.ClH/c1-12-5-3-4-6-14(12)15-10-16(21(2)20-15)19-17(22)9-13-11-23-8-7-18-13;/h3-6,10,13,18H,7-9,11H2,1-2H3,(H,19,22);1H. The minimum absolute atomic E-state index is 0. The van der Waals surface area contributed by atoms with Crippen LogP contribution in [0.4, 0.5) is 5.82 Å². The minimum atomic E-state index is -0.0349. The van der Waals surface area contributed by atoms with Gasteiger partial charge in [-0.15, -0.1) is 12.4 Å². The van der Waals surface area contributed by atoms with Crippen molar-refractivity contribution in [3.8, 4) is 11.3 Å². The Morgan fingerprint density at radius 1 is 1.46 bits per heavy atom. The number of rotatable bonds is 4. The number of carbonyl (C=O) groups excluding carboxylic acids is 1. The first-order chi connectivity index (χ1) is 11.1. The highest BCUT2D eigenvalue weighted by molar-refractivity contribution is 5.91. The number of hydrogen-bond acceptors (Lipinski definition) is 4. The van der Waals surface area contributed by atoms with Gasteiger partial charge < -0.3 is 15.4 Å². The van der Waals surface area contributed by atoms with E-state index in [0.29, 0.717) is 25.5 Å². The summed E-state index contributed by atoms with van der Waals surface area (Å²) in [6, 6.07) is 10.1. The second-order valence-corrected chi connectivity index (χ2v) is 5.83. The van der Waals surface area contributed by atoms with Crippen LogP contribution in [0.15, 0.2) is 30.3 Å². The topological polar surface area (TPSA) is 68.2 Å². The van der Waals surface area contributed by atoms with Gasteiger partial charge in [0, 0.05) is 37.7 Å². The molecule has 6 nitrogen and oxygen atoms in total. The number of aromatic nitrogens is 2. The van der Waals surface area contributed by atoms with E-state index in [9.17, 15) is 4.79 Å². The third-order valence-electron chi connectivity index (χ3n) is 4.00. The summed E-state index contributed by atoms with van der Waals surface area (Å²) in [4.78, 5) is 12.2. The van der Waals surface area contributed by atoms with Gasteiger partial charge in [0.15, 0.2) is 0 Å². The molecule has 0 spiro atoms. The summed E-state index contributed by atoms with van der Waals surface area (Å²) in [5.74, 6) is 0.664. The fraction of sp³-hybridized carbons (Fsp3) is 0.412. The van der Waals surface area contributed by atoms with Crippen molar-refractivity contribution in [3.63, 3.8) is 0 Å². The molecular formula is C17H23ClN4O2. The smallest absolute Gasteiger partial charge is 0.227 e. The Kier molecular flexibility index (Phi) is 6.36. The molecule has 0 aliphatic carbocycles. The van der Waals surface area contributed by atoms with Crippen molar-refractivity contribution in [2.45, 2.75) is 19.4 Å². The van der Waals surface area contributed by atoms with Gasteiger partial charge in [0.05, 0.1) is 18.9 Å². The highest BCUT2D eigenvalue weighted by Crippen LogP contribution is 2.24. The Hall–Kier alpha value is -1.89. The second-order valence-electron chi connectivity index (χ2n) is 5.83. The molecule has 1 aromatic heterocycles. The van der Waals surface area contributed by atoms with E-state index in [1.54, 1.807) is 4.68 Å². The first-order valence-electron chi connectivity index (χ1n) is 7.84. The number of anilines is 1. The third-order valence-corrected chi connectivity index (χ3v) is 4.00. The molecule has 1 aromatic carbocycles. The quantitative estimate of drug-likeness (QED) is 0.886. The zero-order chi connectivity index (χ0) is 16.2. The SMILES string of the molecule is Cc1ccccc1-c1cc(NC(=O)CC2COCCN2)n(C)n1.Cl. The number of hydrogen-bond donors (Lipinski definition) is 2. The number of nitrogens with zero attached hydrogens (tertiary/aromatic N) is 2. The first-order valence-corrected chi connectivity index (χ1v) is 7.84. The van der Waals surface area contributed by atoms with Crippen LogP contribution in [0.5, 0.6) is 0 Å². The molecule has 2 heterocycles. The maximum Gasteiger partial charge on any atom is 0.227 e. The summed E-state index contributed by atoms with van der Waals surface area (Å²) in [5, 5.41) is 10.7. The average molecular weight is 351 g/mol. The zero-order valence-electron chi connectivity index (χ0n) is 13.9. The number of amides is 1. The summed E-state index contributed by atoms with van der Waals surface area (Å²) < 4.78 is 7.07. The number of nitrogens with one attached hydrogen (secondary N) is 2. The van der Waals surface area contributed by atoms with Crippen LogP contribution in [0.25, 0.3) is 11.3 Å². The van der Waals surface area contributed by atoms with Gasteiger partial charge in [-0.1, -0.05) is 24.3 Å². The van der Waals surface area contributed by atoms with Crippen LogP contribution < -0.4 is 10.6 Å². The molecule has 24 heavy (non-hydrogen) atoms. The molecule has 1 atom stereocenters. The molecule has 1 aliphatic rings. The molecule has 0 radical (unpaired) electrons. The van der Waals surface area contributed by atoms with Gasteiger partial charge in [-0.25, -0.2) is 0 Å². The van der Waals surface area contributed by atoms with Crippen LogP contribution >= 0.6 is 12.4 Å². The van der Waals surface area contributed by atoms with E-state index >= 15 is 0 Å². The van der Waals surface area contributed by atoms with Gasteiger partial charge in [-0.3, -0.25) is 9.48 Å². The molecule has 0 saturated carbocycles.